The molecule has 1 aromatic carbocycles. The van der Waals surface area contributed by atoms with Crippen LogP contribution in [0.3, 0.4) is 0 Å². The molecule has 114 valence electrons. The van der Waals surface area contributed by atoms with Gasteiger partial charge in [-0.3, -0.25) is 0 Å². The molecule has 0 aromatic heterocycles. The number of benzene rings is 1. The highest BCUT2D eigenvalue weighted by Gasteiger charge is 2.14. The number of aromatic nitrogens is 3. The maximum Gasteiger partial charge on any atom is 0.240 e. The van der Waals surface area contributed by atoms with Crippen LogP contribution in [0.5, 0.6) is 0 Å². The van der Waals surface area contributed by atoms with E-state index >= 15 is 0 Å². The van der Waals surface area contributed by atoms with E-state index < -0.39 is 10.0 Å². The lowest BCUT2D eigenvalue weighted by molar-refractivity contribution is 0.584. The van der Waals surface area contributed by atoms with E-state index in [1.165, 1.54) is 6.33 Å². The Morgan fingerprint density at radius 1 is 1.23 bits per heavy atom. The Kier molecular flexibility index (Phi) is 3.78. The molecule has 0 radical (unpaired) electrons. The molecular weight excluding hydrogens is 302 g/mol. The van der Waals surface area contributed by atoms with E-state index in [1.807, 2.05) is 6.07 Å². The zero-order valence-corrected chi connectivity index (χ0v) is 12.7. The van der Waals surface area contributed by atoms with E-state index in [1.54, 1.807) is 37.4 Å². The average Bonchev–Trinajstić information content (AvgIpc) is 2.97. The molecule has 0 bridgehead atoms. The van der Waals surface area contributed by atoms with Crippen LogP contribution in [0.2, 0.25) is 0 Å². The first-order valence-corrected chi connectivity index (χ1v) is 8.23. The lowest BCUT2D eigenvalue weighted by atomic mass is 10.2. The first kappa shape index (κ1) is 14.5. The highest BCUT2D eigenvalue weighted by molar-refractivity contribution is 7.89. The number of H-pyrrole nitrogens is 1. The van der Waals surface area contributed by atoms with Gasteiger partial charge in [-0.15, -0.1) is 0 Å². The molecule has 7 nitrogen and oxygen atoms in total. The smallest absolute Gasteiger partial charge is 0.240 e. The molecule has 22 heavy (non-hydrogen) atoms. The Balaban J connectivity index is 1.92. The van der Waals surface area contributed by atoms with Crippen molar-refractivity contribution in [3.63, 3.8) is 0 Å². The number of hydrogen-bond donors (Lipinski definition) is 3. The van der Waals surface area contributed by atoms with Crippen LogP contribution >= 0.6 is 0 Å². The summed E-state index contributed by atoms with van der Waals surface area (Å²) in [7, 11) is -3.49. The third kappa shape index (κ3) is 2.78. The number of nitrogens with one attached hydrogen (secondary N) is 3. The molecule has 0 aliphatic carbocycles. The number of nitrogens with zero attached hydrogens (tertiary/aromatic N) is 2. The second-order valence-corrected chi connectivity index (χ2v) is 6.38. The van der Waals surface area contributed by atoms with Gasteiger partial charge in [0.2, 0.25) is 10.0 Å². The Hall–Kier alpha value is -2.45. The lowest BCUT2D eigenvalue weighted by Crippen LogP contribution is -2.23. The van der Waals surface area contributed by atoms with Crippen molar-refractivity contribution in [3.8, 4) is 11.4 Å². The van der Waals surface area contributed by atoms with Gasteiger partial charge in [0.15, 0.2) is 0 Å². The minimum Gasteiger partial charge on any atom is -0.340 e. The molecule has 3 N–H and O–H groups in total. The predicted octanol–water partition coefficient (Wildman–Crippen LogP) is 1.95. The van der Waals surface area contributed by atoms with E-state index in [4.69, 9.17) is 0 Å². The van der Waals surface area contributed by atoms with Crippen LogP contribution in [0.15, 0.2) is 47.8 Å². The van der Waals surface area contributed by atoms with Crippen LogP contribution in [-0.4, -0.2) is 29.9 Å². The van der Waals surface area contributed by atoms with E-state index in [0.717, 1.165) is 5.56 Å². The van der Waals surface area contributed by atoms with Crippen molar-refractivity contribution in [2.24, 2.45) is 0 Å². The van der Waals surface area contributed by atoms with Crippen LogP contribution in [-0.2, 0) is 10.0 Å². The normalized spacial score (nSPS) is 11.7. The maximum absolute atomic E-state index is 12.0. The Bertz CT molecular complexity index is 859. The van der Waals surface area contributed by atoms with Crippen molar-refractivity contribution in [3.05, 3.63) is 42.9 Å². The largest absolute Gasteiger partial charge is 0.340 e. The quantitative estimate of drug-likeness (QED) is 0.668. The lowest BCUT2D eigenvalue weighted by Gasteiger charge is -2.11. The number of hydrogen-bond acceptors (Lipinski definition) is 5. The van der Waals surface area contributed by atoms with E-state index in [9.17, 15) is 8.42 Å². The Morgan fingerprint density at radius 2 is 2.09 bits per heavy atom. The van der Waals surface area contributed by atoms with Crippen LogP contribution in [0, 0.1) is 0 Å². The molecule has 2 aliphatic heterocycles. The summed E-state index contributed by atoms with van der Waals surface area (Å²) in [5.74, 6) is 1.33. The minimum absolute atomic E-state index is 0.207. The SMILES string of the molecule is CCNS(=O)(=O)c1cccc(Nc2nc[nH]c3nccc2-3)c1. The summed E-state index contributed by atoms with van der Waals surface area (Å²) in [5.41, 5.74) is 1.47. The number of anilines is 2. The summed E-state index contributed by atoms with van der Waals surface area (Å²) in [5, 5.41) is 3.12. The van der Waals surface area contributed by atoms with Crippen LogP contribution < -0.4 is 10.0 Å². The van der Waals surface area contributed by atoms with Crippen molar-refractivity contribution in [1.29, 1.82) is 0 Å². The van der Waals surface area contributed by atoms with Crippen molar-refractivity contribution < 1.29 is 8.42 Å². The van der Waals surface area contributed by atoms with Gasteiger partial charge in [-0.1, -0.05) is 13.0 Å². The van der Waals surface area contributed by atoms with E-state index in [0.29, 0.717) is 23.9 Å². The third-order valence-corrected chi connectivity index (χ3v) is 4.63. The standard InChI is InChI=1S/C14H15N5O2S/c1-2-18-22(20,21)11-5-3-4-10(8-11)19-14-12-6-7-15-13(12)16-9-17-14/h3-9,18H,2H2,1H3,(H2,15,16,17,19). The number of aromatic amines is 1. The summed E-state index contributed by atoms with van der Waals surface area (Å²) in [6, 6.07) is 8.42. The molecule has 0 saturated carbocycles. The van der Waals surface area contributed by atoms with Gasteiger partial charge >= 0.3 is 0 Å². The zero-order valence-electron chi connectivity index (χ0n) is 11.9. The van der Waals surface area contributed by atoms with Crippen LogP contribution in [0.1, 0.15) is 6.92 Å². The molecule has 1 aromatic rings. The highest BCUT2D eigenvalue weighted by Crippen LogP contribution is 2.27. The van der Waals surface area contributed by atoms with Gasteiger partial charge in [-0.05, 0) is 24.3 Å². The summed E-state index contributed by atoms with van der Waals surface area (Å²) in [6.45, 7) is 2.08. The Labute approximate surface area is 128 Å². The summed E-state index contributed by atoms with van der Waals surface area (Å²) in [6.07, 6.45) is 3.22. The minimum atomic E-state index is -3.49. The molecule has 0 amide bonds. The second kappa shape index (κ2) is 5.74. The van der Waals surface area contributed by atoms with Gasteiger partial charge < -0.3 is 10.3 Å². The summed E-state index contributed by atoms with van der Waals surface area (Å²) < 4.78 is 26.5. The molecular formula is C14H15N5O2S. The third-order valence-electron chi connectivity index (χ3n) is 3.09. The van der Waals surface area contributed by atoms with E-state index in [2.05, 4.69) is 25.0 Å². The molecule has 0 saturated heterocycles. The average molecular weight is 317 g/mol. The molecule has 0 fully saturated rings. The highest BCUT2D eigenvalue weighted by atomic mass is 32.2. The van der Waals surface area contributed by atoms with Crippen LogP contribution in [0.4, 0.5) is 11.5 Å². The van der Waals surface area contributed by atoms with Gasteiger partial charge in [0.25, 0.3) is 0 Å². The molecule has 8 heteroatoms. The molecule has 2 heterocycles. The van der Waals surface area contributed by atoms with Gasteiger partial charge in [0, 0.05) is 18.4 Å². The predicted molar refractivity (Wildman–Crippen MR) is 83.6 cm³/mol. The van der Waals surface area contributed by atoms with Gasteiger partial charge in [0.1, 0.15) is 11.6 Å². The number of sulfonamides is 1. The topological polar surface area (TPSA) is 99.8 Å². The van der Waals surface area contributed by atoms with Gasteiger partial charge in [0.05, 0.1) is 16.8 Å². The van der Waals surface area contributed by atoms with E-state index in [-0.39, 0.29) is 4.90 Å². The summed E-state index contributed by atoms with van der Waals surface area (Å²) in [4.78, 5) is 11.5. The number of rotatable bonds is 5. The Morgan fingerprint density at radius 3 is 2.91 bits per heavy atom. The fraction of sp³-hybridized carbons (Fsp3) is 0.143. The first-order valence-electron chi connectivity index (χ1n) is 6.75. The van der Waals surface area contributed by atoms with Gasteiger partial charge in [-0.25, -0.2) is 23.1 Å². The second-order valence-electron chi connectivity index (χ2n) is 4.61. The molecule has 0 unspecified atom stereocenters. The molecule has 3 rings (SSSR count). The monoisotopic (exact) mass is 317 g/mol. The molecule has 0 atom stereocenters. The fourth-order valence-corrected chi connectivity index (χ4v) is 3.21. The fourth-order valence-electron chi connectivity index (χ4n) is 2.12. The van der Waals surface area contributed by atoms with Crippen molar-refractivity contribution in [1.82, 2.24) is 19.7 Å². The first-order chi connectivity index (χ1) is 10.6. The van der Waals surface area contributed by atoms with Crippen LogP contribution in [0.25, 0.3) is 11.4 Å². The molecule has 0 spiro atoms. The number of fused-ring (bicyclic) bond motifs is 1. The zero-order chi connectivity index (χ0) is 15.6. The van der Waals surface area contributed by atoms with Crippen molar-refractivity contribution in [2.75, 3.05) is 11.9 Å². The van der Waals surface area contributed by atoms with Gasteiger partial charge in [-0.2, -0.15) is 0 Å². The summed E-state index contributed by atoms with van der Waals surface area (Å²) >= 11 is 0. The maximum atomic E-state index is 12.0. The molecule has 2 aliphatic rings. The van der Waals surface area contributed by atoms with Crippen molar-refractivity contribution >= 4 is 21.5 Å². The van der Waals surface area contributed by atoms with Crippen molar-refractivity contribution in [2.45, 2.75) is 11.8 Å².